The number of rotatable bonds is 12. The molecule has 0 aromatic heterocycles. The molecule has 4 rings (SSSR count). The van der Waals surface area contributed by atoms with Crippen LogP contribution in [0.25, 0.3) is 0 Å². The number of benzene rings is 2. The number of carbonyl (C=O) groups is 1. The molecule has 2 fully saturated rings. The first kappa shape index (κ1) is 29.2. The molecule has 208 valence electrons. The number of likely N-dealkylation sites (tertiary alicyclic amines) is 1. The van der Waals surface area contributed by atoms with Crippen molar-refractivity contribution in [3.8, 4) is 0 Å². The van der Waals surface area contributed by atoms with Gasteiger partial charge >= 0.3 is 0 Å². The molecule has 6 nitrogen and oxygen atoms in total. The summed E-state index contributed by atoms with van der Waals surface area (Å²) in [5.74, 6) is 0.179. The van der Waals surface area contributed by atoms with Crippen LogP contribution in [-0.2, 0) is 11.3 Å². The van der Waals surface area contributed by atoms with Gasteiger partial charge in [0.05, 0.1) is 17.6 Å². The molecule has 0 bridgehead atoms. The van der Waals surface area contributed by atoms with E-state index in [4.69, 9.17) is 16.7 Å². The molecule has 2 aliphatic heterocycles. The van der Waals surface area contributed by atoms with Crippen molar-refractivity contribution in [1.82, 2.24) is 15.2 Å². The van der Waals surface area contributed by atoms with Crippen LogP contribution in [0.15, 0.2) is 53.4 Å². The summed E-state index contributed by atoms with van der Waals surface area (Å²) in [7, 11) is 0. The Bertz CT molecular complexity index is 997. The number of nitrogens with two attached hydrogens (primary N) is 1. The standard InChI is InChI=1S/C30H44ClN5OS/c1-3-5-6-18-35-22-28(29(7-4-2)36(35)26-12-10-24(31)11-13-26)30(37)33-25-16-19-34(20-17-25)21-23-8-14-27(38-32)15-9-23/h8-15,25,28-29H,3-7,16-22,32H2,1-2H3,(H,33,37). The van der Waals surface area contributed by atoms with Gasteiger partial charge in [0.25, 0.3) is 0 Å². The number of nitrogens with one attached hydrogen (secondary N) is 1. The van der Waals surface area contributed by atoms with E-state index in [0.717, 1.165) is 80.4 Å². The lowest BCUT2D eigenvalue weighted by atomic mass is 9.94. The number of hydrogen-bond acceptors (Lipinski definition) is 6. The Morgan fingerprint density at radius 1 is 1.03 bits per heavy atom. The third-order valence-corrected chi connectivity index (χ3v) is 8.72. The monoisotopic (exact) mass is 557 g/mol. The molecule has 3 N–H and O–H groups in total. The smallest absolute Gasteiger partial charge is 0.226 e. The van der Waals surface area contributed by atoms with Crippen LogP contribution in [0.2, 0.25) is 5.02 Å². The topological polar surface area (TPSA) is 64.8 Å². The van der Waals surface area contributed by atoms with E-state index in [2.05, 4.69) is 70.5 Å². The first-order valence-corrected chi connectivity index (χ1v) is 15.6. The maximum atomic E-state index is 13.7. The Balaban J connectivity index is 1.37. The zero-order valence-electron chi connectivity index (χ0n) is 22.9. The van der Waals surface area contributed by atoms with Gasteiger partial charge in [0, 0.05) is 48.7 Å². The first-order valence-electron chi connectivity index (χ1n) is 14.3. The van der Waals surface area contributed by atoms with Crippen LogP contribution in [0.5, 0.6) is 0 Å². The van der Waals surface area contributed by atoms with Gasteiger partial charge in [-0.2, -0.15) is 0 Å². The molecule has 2 saturated heterocycles. The van der Waals surface area contributed by atoms with Gasteiger partial charge in [0.1, 0.15) is 0 Å². The average molecular weight is 558 g/mol. The van der Waals surface area contributed by atoms with E-state index in [0.29, 0.717) is 0 Å². The molecule has 2 aromatic rings. The summed E-state index contributed by atoms with van der Waals surface area (Å²) in [6.07, 6.45) is 7.56. The molecule has 0 saturated carbocycles. The number of unbranched alkanes of at least 4 members (excludes halogenated alkanes) is 2. The highest BCUT2D eigenvalue weighted by Gasteiger charge is 2.43. The highest BCUT2D eigenvalue weighted by Crippen LogP contribution is 2.34. The number of halogens is 1. The van der Waals surface area contributed by atoms with Gasteiger partial charge in [-0.1, -0.05) is 56.8 Å². The Morgan fingerprint density at radius 2 is 1.74 bits per heavy atom. The van der Waals surface area contributed by atoms with E-state index in [-0.39, 0.29) is 23.9 Å². The third-order valence-electron chi connectivity index (χ3n) is 7.92. The highest BCUT2D eigenvalue weighted by molar-refractivity contribution is 7.97. The zero-order chi connectivity index (χ0) is 26.9. The van der Waals surface area contributed by atoms with Crippen LogP contribution in [0, 0.1) is 5.92 Å². The van der Waals surface area contributed by atoms with Crippen LogP contribution >= 0.6 is 23.5 Å². The zero-order valence-corrected chi connectivity index (χ0v) is 24.5. The Kier molecular flexibility index (Phi) is 11.2. The number of hydrogen-bond donors (Lipinski definition) is 2. The van der Waals surface area contributed by atoms with Crippen LogP contribution in [-0.4, -0.2) is 54.1 Å². The maximum absolute atomic E-state index is 13.7. The van der Waals surface area contributed by atoms with E-state index >= 15 is 0 Å². The fourth-order valence-electron chi connectivity index (χ4n) is 5.86. The fourth-order valence-corrected chi connectivity index (χ4v) is 6.28. The van der Waals surface area contributed by atoms with Crippen molar-refractivity contribution < 1.29 is 4.79 Å². The molecular formula is C30H44ClN5OS. The van der Waals surface area contributed by atoms with Gasteiger partial charge in [0.2, 0.25) is 5.91 Å². The lowest BCUT2D eigenvalue weighted by Gasteiger charge is -2.35. The fraction of sp³-hybridized carbons (Fsp3) is 0.567. The molecule has 2 atom stereocenters. The van der Waals surface area contributed by atoms with Crippen molar-refractivity contribution in [1.29, 1.82) is 0 Å². The minimum atomic E-state index is -0.0378. The number of piperidine rings is 1. The molecule has 2 heterocycles. The quantitative estimate of drug-likeness (QED) is 0.243. The summed E-state index contributed by atoms with van der Waals surface area (Å²) >= 11 is 7.49. The summed E-state index contributed by atoms with van der Waals surface area (Å²) in [6.45, 7) is 9.15. The number of nitrogens with zero attached hydrogens (tertiary/aromatic N) is 3. The van der Waals surface area contributed by atoms with Gasteiger partial charge in [-0.3, -0.25) is 14.8 Å². The van der Waals surface area contributed by atoms with Crippen molar-refractivity contribution in [3.63, 3.8) is 0 Å². The molecule has 0 spiro atoms. The molecule has 2 aromatic carbocycles. The van der Waals surface area contributed by atoms with E-state index in [1.165, 1.54) is 30.4 Å². The minimum absolute atomic E-state index is 0.0378. The maximum Gasteiger partial charge on any atom is 0.226 e. The summed E-state index contributed by atoms with van der Waals surface area (Å²) < 4.78 is 0. The normalized spacial score (nSPS) is 21.2. The van der Waals surface area contributed by atoms with Gasteiger partial charge in [0.15, 0.2) is 0 Å². The predicted octanol–water partition coefficient (Wildman–Crippen LogP) is 6.10. The van der Waals surface area contributed by atoms with Gasteiger partial charge in [-0.25, -0.2) is 5.01 Å². The second kappa shape index (κ2) is 14.6. The molecule has 8 heteroatoms. The van der Waals surface area contributed by atoms with Gasteiger partial charge < -0.3 is 10.3 Å². The van der Waals surface area contributed by atoms with Gasteiger partial charge in [-0.15, -0.1) is 0 Å². The molecule has 0 radical (unpaired) electrons. The van der Waals surface area contributed by atoms with Crippen molar-refractivity contribution in [2.24, 2.45) is 11.1 Å². The lowest BCUT2D eigenvalue weighted by molar-refractivity contribution is -0.126. The summed E-state index contributed by atoms with van der Waals surface area (Å²) in [4.78, 5) is 17.3. The first-order chi connectivity index (χ1) is 18.5. The Morgan fingerprint density at radius 3 is 2.37 bits per heavy atom. The summed E-state index contributed by atoms with van der Waals surface area (Å²) in [5.41, 5.74) is 2.44. The van der Waals surface area contributed by atoms with Gasteiger partial charge in [-0.05, 0) is 79.6 Å². The Hall–Kier alpha value is -1.77. The molecule has 2 unspecified atom stereocenters. The van der Waals surface area contributed by atoms with Crippen LogP contribution in [0.4, 0.5) is 5.69 Å². The second-order valence-corrected chi connectivity index (χ2v) is 11.9. The predicted molar refractivity (Wildman–Crippen MR) is 160 cm³/mol. The Labute approximate surface area is 238 Å². The largest absolute Gasteiger partial charge is 0.353 e. The molecule has 38 heavy (non-hydrogen) atoms. The third kappa shape index (κ3) is 7.66. The van der Waals surface area contributed by atoms with E-state index in [1.807, 2.05) is 12.1 Å². The summed E-state index contributed by atoms with van der Waals surface area (Å²) in [5, 5.41) is 14.7. The molecule has 0 aliphatic carbocycles. The molecular weight excluding hydrogens is 514 g/mol. The van der Waals surface area contributed by atoms with Crippen LogP contribution < -0.4 is 15.5 Å². The van der Waals surface area contributed by atoms with E-state index in [9.17, 15) is 4.79 Å². The number of hydrazine groups is 1. The SMILES string of the molecule is CCCCCN1CC(C(=O)NC2CCN(Cc3ccc(SN)cc3)CC2)C(CCC)N1c1ccc(Cl)cc1. The van der Waals surface area contributed by atoms with Crippen molar-refractivity contribution in [2.75, 3.05) is 31.2 Å². The van der Waals surface area contributed by atoms with Crippen molar-refractivity contribution in [2.45, 2.75) is 82.3 Å². The minimum Gasteiger partial charge on any atom is -0.353 e. The van der Waals surface area contributed by atoms with Crippen molar-refractivity contribution >= 4 is 35.1 Å². The second-order valence-electron chi connectivity index (χ2n) is 10.7. The van der Waals surface area contributed by atoms with Crippen molar-refractivity contribution in [3.05, 3.63) is 59.1 Å². The van der Waals surface area contributed by atoms with Crippen LogP contribution in [0.3, 0.4) is 0 Å². The highest BCUT2D eigenvalue weighted by atomic mass is 35.5. The van der Waals surface area contributed by atoms with E-state index in [1.54, 1.807) is 0 Å². The van der Waals surface area contributed by atoms with E-state index < -0.39 is 0 Å². The number of anilines is 1. The molecule has 2 aliphatic rings. The lowest BCUT2D eigenvalue weighted by Crippen LogP contribution is -2.48. The average Bonchev–Trinajstić information content (AvgIpc) is 3.29. The number of carbonyl (C=O) groups excluding carboxylic acids is 1. The summed E-state index contributed by atoms with van der Waals surface area (Å²) in [6, 6.07) is 17.0. The van der Waals surface area contributed by atoms with Crippen LogP contribution in [0.1, 0.15) is 64.4 Å². The molecule has 1 amide bonds. The number of amides is 1.